The van der Waals surface area contributed by atoms with Gasteiger partial charge in [-0.25, -0.2) is 0 Å². The Balaban J connectivity index is 0. The molecule has 13 heavy (non-hydrogen) atoms. The van der Waals surface area contributed by atoms with Gasteiger partial charge < -0.3 is 0 Å². The summed E-state index contributed by atoms with van der Waals surface area (Å²) in [5.74, 6) is 3.58. The fourth-order valence-corrected chi connectivity index (χ4v) is 2.07. The molecule has 0 aromatic rings. The summed E-state index contributed by atoms with van der Waals surface area (Å²) in [7, 11) is 0. The molecule has 0 aliphatic heterocycles. The molecule has 0 nitrogen and oxygen atoms in total. The van der Waals surface area contributed by atoms with Gasteiger partial charge in [-0.05, 0) is 6.71 Å². The van der Waals surface area contributed by atoms with Gasteiger partial charge in [0.25, 0.3) is 0 Å². The molecular formula is C11H26BLi. The second-order valence-corrected chi connectivity index (χ2v) is 5.49. The summed E-state index contributed by atoms with van der Waals surface area (Å²) in [4.78, 5) is 0. The normalized spacial score (nSPS) is 18.2. The zero-order chi connectivity index (χ0) is 9.89. The molecular weight excluding hydrogens is 150 g/mol. The zero-order valence-electron chi connectivity index (χ0n) is 11.0. The fraction of sp³-hybridized carbons (Fsp3) is 1.00. The molecule has 0 saturated carbocycles. The van der Waals surface area contributed by atoms with Gasteiger partial charge in [0.15, 0.2) is 0 Å². The molecule has 2 unspecified atom stereocenters. The summed E-state index contributed by atoms with van der Waals surface area (Å²) in [6.45, 7) is 16.8. The Hall–Kier alpha value is 0.662. The first-order valence-electron chi connectivity index (χ1n) is 5.65. The van der Waals surface area contributed by atoms with E-state index in [2.05, 4.69) is 48.4 Å². The minimum absolute atomic E-state index is 0. The molecule has 0 aromatic carbocycles. The molecule has 2 atom stereocenters. The smallest absolute Gasteiger partial charge is 0.192 e. The maximum absolute atomic E-state index is 2.48. The average molecular weight is 176 g/mol. The summed E-state index contributed by atoms with van der Waals surface area (Å²) in [6, 6.07) is 0. The largest absolute Gasteiger partial charge is 1.00 e. The predicted molar refractivity (Wildman–Crippen MR) is 61.5 cm³/mol. The van der Waals surface area contributed by atoms with Gasteiger partial charge in [-0.2, -0.15) is 18.5 Å². The van der Waals surface area contributed by atoms with E-state index in [0.29, 0.717) is 0 Å². The molecule has 0 rings (SSSR count). The summed E-state index contributed by atoms with van der Waals surface area (Å²) in [6.07, 6.45) is 0. The van der Waals surface area contributed by atoms with Crippen LogP contribution in [0, 0.1) is 11.8 Å². The first-order valence-corrected chi connectivity index (χ1v) is 5.65. The van der Waals surface area contributed by atoms with E-state index in [4.69, 9.17) is 0 Å². The van der Waals surface area contributed by atoms with Crippen molar-refractivity contribution in [1.82, 2.24) is 0 Å². The Kier molecular flexibility index (Phi) is 8.70. The number of hydrogen-bond acceptors (Lipinski definition) is 0. The van der Waals surface area contributed by atoms with Crippen molar-refractivity contribution in [3.63, 3.8) is 0 Å². The van der Waals surface area contributed by atoms with Gasteiger partial charge in [0.05, 0.1) is 0 Å². The standard InChI is InChI=1S/C11H26B.Li/c1-8(2)10(5)12(7)11(6)9(3)4;/h8-12H,1-7H3;/q-1;+1. The molecule has 0 radical (unpaired) electrons. The van der Waals surface area contributed by atoms with E-state index in [1.165, 1.54) is 0 Å². The molecule has 0 bridgehead atoms. The van der Waals surface area contributed by atoms with Crippen LogP contribution in [0.1, 0.15) is 41.5 Å². The van der Waals surface area contributed by atoms with Gasteiger partial charge in [-0.1, -0.05) is 53.4 Å². The third kappa shape index (κ3) is 5.18. The maximum Gasteiger partial charge on any atom is 1.00 e. The Morgan fingerprint density at radius 2 is 0.923 bits per heavy atom. The SMILES string of the molecule is C[BH-](C(C)C(C)C)C(C)C(C)C.[Li+]. The van der Waals surface area contributed by atoms with Crippen LogP contribution in [0.4, 0.5) is 0 Å². The first-order chi connectivity index (χ1) is 5.37. The van der Waals surface area contributed by atoms with Crippen LogP contribution in [0.5, 0.6) is 0 Å². The Morgan fingerprint density at radius 3 is 1.08 bits per heavy atom. The predicted octanol–water partition coefficient (Wildman–Crippen LogP) is 0.940. The van der Waals surface area contributed by atoms with Gasteiger partial charge in [0.2, 0.25) is 0 Å². The van der Waals surface area contributed by atoms with Crippen LogP contribution in [-0.4, -0.2) is 6.71 Å². The van der Waals surface area contributed by atoms with E-state index < -0.39 is 0 Å². The third-order valence-electron chi connectivity index (χ3n) is 4.31. The van der Waals surface area contributed by atoms with Gasteiger partial charge in [-0.15, -0.1) is 0 Å². The Labute approximate surface area is 97.5 Å². The topological polar surface area (TPSA) is 0 Å². The van der Waals surface area contributed by atoms with Gasteiger partial charge >= 0.3 is 18.9 Å². The maximum atomic E-state index is 2.48. The van der Waals surface area contributed by atoms with Crippen LogP contribution in [0.15, 0.2) is 0 Å². The van der Waals surface area contributed by atoms with Crippen LogP contribution in [0.3, 0.4) is 0 Å². The van der Waals surface area contributed by atoms with Gasteiger partial charge in [-0.3, -0.25) is 0 Å². The second kappa shape index (κ2) is 7.02. The van der Waals surface area contributed by atoms with Crippen molar-refractivity contribution in [3.8, 4) is 0 Å². The van der Waals surface area contributed by atoms with Crippen LogP contribution < -0.4 is 18.9 Å². The molecule has 2 heteroatoms. The average Bonchev–Trinajstić information content (AvgIpc) is 2.00. The second-order valence-electron chi connectivity index (χ2n) is 5.49. The summed E-state index contributed by atoms with van der Waals surface area (Å²) in [5.41, 5.74) is 0. The molecule has 0 N–H and O–H groups in total. The monoisotopic (exact) mass is 176 g/mol. The summed E-state index contributed by atoms with van der Waals surface area (Å²) >= 11 is 0. The zero-order valence-corrected chi connectivity index (χ0v) is 11.0. The van der Waals surface area contributed by atoms with Gasteiger partial charge in [0.1, 0.15) is 0 Å². The van der Waals surface area contributed by atoms with E-state index >= 15 is 0 Å². The van der Waals surface area contributed by atoms with Gasteiger partial charge in [0, 0.05) is 0 Å². The fourth-order valence-electron chi connectivity index (χ4n) is 2.07. The molecule has 74 valence electrons. The molecule has 0 saturated heterocycles. The van der Waals surface area contributed by atoms with Crippen molar-refractivity contribution >= 4 is 6.71 Å². The van der Waals surface area contributed by atoms with Crippen molar-refractivity contribution in [1.29, 1.82) is 0 Å². The molecule has 0 aromatic heterocycles. The molecule has 0 spiro atoms. The first kappa shape index (κ1) is 16.1. The van der Waals surface area contributed by atoms with Crippen molar-refractivity contribution in [2.24, 2.45) is 11.8 Å². The van der Waals surface area contributed by atoms with Crippen LogP contribution in [0.25, 0.3) is 0 Å². The quantitative estimate of drug-likeness (QED) is 0.559. The van der Waals surface area contributed by atoms with Crippen LogP contribution in [-0.2, 0) is 0 Å². The minimum Gasteiger partial charge on any atom is -0.192 e. The molecule has 0 fully saturated rings. The van der Waals surface area contributed by atoms with Crippen LogP contribution >= 0.6 is 0 Å². The molecule has 0 aliphatic rings. The van der Waals surface area contributed by atoms with E-state index in [1.807, 2.05) is 0 Å². The Morgan fingerprint density at radius 1 is 0.692 bits per heavy atom. The van der Waals surface area contributed by atoms with Crippen molar-refractivity contribution < 1.29 is 18.9 Å². The molecule has 0 amide bonds. The van der Waals surface area contributed by atoms with Crippen molar-refractivity contribution in [3.05, 3.63) is 0 Å². The molecule has 0 heterocycles. The third-order valence-corrected chi connectivity index (χ3v) is 4.31. The number of hydrogen-bond donors (Lipinski definition) is 0. The molecule has 0 aliphatic carbocycles. The van der Waals surface area contributed by atoms with E-state index in [0.717, 1.165) is 23.5 Å². The van der Waals surface area contributed by atoms with E-state index in [9.17, 15) is 0 Å². The minimum atomic E-state index is 0. The van der Waals surface area contributed by atoms with Crippen molar-refractivity contribution in [2.75, 3.05) is 0 Å². The van der Waals surface area contributed by atoms with Crippen LogP contribution in [0.2, 0.25) is 18.5 Å². The summed E-state index contributed by atoms with van der Waals surface area (Å²) in [5, 5.41) is 0. The Bertz CT molecular complexity index is 109. The van der Waals surface area contributed by atoms with E-state index in [1.54, 1.807) is 0 Å². The van der Waals surface area contributed by atoms with E-state index in [-0.39, 0.29) is 25.6 Å². The van der Waals surface area contributed by atoms with Crippen molar-refractivity contribution in [2.45, 2.75) is 60.0 Å². The summed E-state index contributed by atoms with van der Waals surface area (Å²) < 4.78 is 0. The number of rotatable bonds is 4.